The molecule has 0 aliphatic carbocycles. The van der Waals surface area contributed by atoms with Crippen LogP contribution in [0.2, 0.25) is 0 Å². The van der Waals surface area contributed by atoms with Crippen LogP contribution >= 0.6 is 0 Å². The highest BCUT2D eigenvalue weighted by Gasteiger charge is 2.28. The number of hydrogen-bond donors (Lipinski definition) is 2. The largest absolute Gasteiger partial charge is 0.390 e. The molecule has 124 valence electrons. The normalized spacial score (nSPS) is 19.8. The first kappa shape index (κ1) is 18.4. The van der Waals surface area contributed by atoms with Crippen molar-refractivity contribution < 1.29 is 9.90 Å². The molecule has 1 amide bonds. The molecule has 1 atom stereocenters. The summed E-state index contributed by atoms with van der Waals surface area (Å²) in [5.41, 5.74) is -0.367. The summed E-state index contributed by atoms with van der Waals surface area (Å²) in [6, 6.07) is 0. The summed E-state index contributed by atoms with van der Waals surface area (Å²) in [5.74, 6) is 1.34. The molecule has 4 nitrogen and oxygen atoms in total. The van der Waals surface area contributed by atoms with E-state index in [0.717, 1.165) is 25.4 Å². The number of aliphatic hydroxyl groups is 1. The molecule has 1 aliphatic rings. The second kappa shape index (κ2) is 8.14. The van der Waals surface area contributed by atoms with Crippen LogP contribution < -0.4 is 5.32 Å². The molecule has 1 rings (SSSR count). The number of carbonyl (C=O) groups is 1. The number of nitrogens with zero attached hydrogens (tertiary/aromatic N) is 1. The summed E-state index contributed by atoms with van der Waals surface area (Å²) in [5, 5.41) is 13.0. The van der Waals surface area contributed by atoms with E-state index < -0.39 is 6.10 Å². The van der Waals surface area contributed by atoms with Crippen molar-refractivity contribution in [2.45, 2.75) is 60.0 Å². The average Bonchev–Trinajstić information content (AvgIpc) is 2.37. The number of carbonyl (C=O) groups excluding carboxylic acids is 1. The van der Waals surface area contributed by atoms with E-state index >= 15 is 0 Å². The van der Waals surface area contributed by atoms with Crippen molar-refractivity contribution >= 4 is 5.91 Å². The van der Waals surface area contributed by atoms with Gasteiger partial charge in [0.25, 0.3) is 0 Å². The van der Waals surface area contributed by atoms with E-state index in [-0.39, 0.29) is 11.3 Å². The van der Waals surface area contributed by atoms with Crippen molar-refractivity contribution in [3.63, 3.8) is 0 Å². The Bertz CT molecular complexity index is 321. The standard InChI is InChI=1S/C17H34N2O2/c1-13(2)10-17(4,5)16(21)18-11-15(20)12-19-8-6-14(3)7-9-19/h13-15,20H,6-12H2,1-5H3,(H,18,21). The van der Waals surface area contributed by atoms with Crippen LogP contribution in [0.3, 0.4) is 0 Å². The van der Waals surface area contributed by atoms with Crippen molar-refractivity contribution in [3.8, 4) is 0 Å². The molecule has 4 heteroatoms. The van der Waals surface area contributed by atoms with Gasteiger partial charge >= 0.3 is 0 Å². The molecule has 1 saturated heterocycles. The van der Waals surface area contributed by atoms with Crippen LogP contribution in [-0.4, -0.2) is 48.2 Å². The molecule has 1 heterocycles. The number of nitrogens with one attached hydrogen (secondary N) is 1. The highest BCUT2D eigenvalue weighted by Crippen LogP contribution is 2.25. The lowest BCUT2D eigenvalue weighted by atomic mass is 9.83. The van der Waals surface area contributed by atoms with Gasteiger partial charge < -0.3 is 15.3 Å². The Labute approximate surface area is 130 Å². The Hall–Kier alpha value is -0.610. The Morgan fingerprint density at radius 3 is 2.43 bits per heavy atom. The monoisotopic (exact) mass is 298 g/mol. The van der Waals surface area contributed by atoms with Gasteiger partial charge in [-0.1, -0.05) is 34.6 Å². The average molecular weight is 298 g/mol. The fraction of sp³-hybridized carbons (Fsp3) is 0.941. The number of hydrogen-bond acceptors (Lipinski definition) is 3. The Morgan fingerprint density at radius 1 is 1.33 bits per heavy atom. The first-order chi connectivity index (χ1) is 9.70. The maximum atomic E-state index is 12.2. The maximum absolute atomic E-state index is 12.2. The molecule has 0 radical (unpaired) electrons. The maximum Gasteiger partial charge on any atom is 0.225 e. The van der Waals surface area contributed by atoms with Gasteiger partial charge in [0.1, 0.15) is 0 Å². The van der Waals surface area contributed by atoms with Crippen LogP contribution in [-0.2, 0) is 4.79 Å². The van der Waals surface area contributed by atoms with Crippen LogP contribution in [0.4, 0.5) is 0 Å². The third-order valence-corrected chi connectivity index (χ3v) is 4.38. The predicted octanol–water partition coefficient (Wildman–Crippen LogP) is 2.27. The second-order valence-electron chi connectivity index (χ2n) is 7.83. The van der Waals surface area contributed by atoms with Gasteiger partial charge in [-0.15, -0.1) is 0 Å². The Morgan fingerprint density at radius 2 is 1.90 bits per heavy atom. The molecule has 21 heavy (non-hydrogen) atoms. The highest BCUT2D eigenvalue weighted by atomic mass is 16.3. The van der Waals surface area contributed by atoms with Gasteiger partial charge in [-0.3, -0.25) is 4.79 Å². The smallest absolute Gasteiger partial charge is 0.225 e. The second-order valence-corrected chi connectivity index (χ2v) is 7.83. The Balaban J connectivity index is 2.29. The van der Waals surface area contributed by atoms with Gasteiger partial charge in [0.2, 0.25) is 5.91 Å². The summed E-state index contributed by atoms with van der Waals surface area (Å²) in [6.45, 7) is 13.6. The number of amides is 1. The number of β-amino-alcohol motifs (C(OH)–C–C–N with tert-alkyl or cyclic N) is 1. The molecule has 1 fully saturated rings. The first-order valence-corrected chi connectivity index (χ1v) is 8.39. The van der Waals surface area contributed by atoms with Crippen molar-refractivity contribution in [1.29, 1.82) is 0 Å². The van der Waals surface area contributed by atoms with Gasteiger partial charge in [-0.2, -0.15) is 0 Å². The van der Waals surface area contributed by atoms with E-state index in [2.05, 4.69) is 31.0 Å². The van der Waals surface area contributed by atoms with Gasteiger partial charge in [0.15, 0.2) is 0 Å². The molecule has 2 N–H and O–H groups in total. The van der Waals surface area contributed by atoms with Crippen LogP contribution in [0.5, 0.6) is 0 Å². The van der Waals surface area contributed by atoms with E-state index in [0.29, 0.717) is 19.0 Å². The summed E-state index contributed by atoms with van der Waals surface area (Å²) >= 11 is 0. The summed E-state index contributed by atoms with van der Waals surface area (Å²) in [4.78, 5) is 14.5. The highest BCUT2D eigenvalue weighted by molar-refractivity contribution is 5.81. The van der Waals surface area contributed by atoms with Crippen molar-refractivity contribution in [2.24, 2.45) is 17.3 Å². The lowest BCUT2D eigenvalue weighted by molar-refractivity contribution is -0.130. The number of piperidine rings is 1. The minimum Gasteiger partial charge on any atom is -0.390 e. The minimum atomic E-state index is -0.475. The SMILES string of the molecule is CC(C)CC(C)(C)C(=O)NCC(O)CN1CCC(C)CC1. The topological polar surface area (TPSA) is 52.6 Å². The molecular weight excluding hydrogens is 264 g/mol. The van der Waals surface area contributed by atoms with Gasteiger partial charge in [-0.05, 0) is 44.2 Å². The number of aliphatic hydroxyl groups excluding tert-OH is 1. The predicted molar refractivity (Wildman–Crippen MR) is 87.1 cm³/mol. The summed E-state index contributed by atoms with van der Waals surface area (Å²) < 4.78 is 0. The molecule has 1 unspecified atom stereocenters. The van der Waals surface area contributed by atoms with Crippen LogP contribution in [0.15, 0.2) is 0 Å². The van der Waals surface area contributed by atoms with Crippen LogP contribution in [0.25, 0.3) is 0 Å². The zero-order valence-corrected chi connectivity index (χ0v) is 14.5. The fourth-order valence-corrected chi connectivity index (χ4v) is 3.17. The van der Waals surface area contributed by atoms with Gasteiger partial charge in [0.05, 0.1) is 6.10 Å². The summed E-state index contributed by atoms with van der Waals surface area (Å²) in [6.07, 6.45) is 2.80. The van der Waals surface area contributed by atoms with Crippen LogP contribution in [0, 0.1) is 17.3 Å². The molecule has 0 aromatic carbocycles. The molecule has 0 bridgehead atoms. The quantitative estimate of drug-likeness (QED) is 0.758. The van der Waals surface area contributed by atoms with Crippen molar-refractivity contribution in [2.75, 3.05) is 26.2 Å². The lowest BCUT2D eigenvalue weighted by Gasteiger charge is -2.32. The minimum absolute atomic E-state index is 0.0440. The van der Waals surface area contributed by atoms with Gasteiger partial charge in [-0.25, -0.2) is 0 Å². The van der Waals surface area contributed by atoms with Crippen LogP contribution in [0.1, 0.15) is 53.9 Å². The molecule has 0 saturated carbocycles. The zero-order chi connectivity index (χ0) is 16.0. The van der Waals surface area contributed by atoms with E-state index in [1.807, 2.05) is 13.8 Å². The van der Waals surface area contributed by atoms with E-state index in [1.54, 1.807) is 0 Å². The molecule has 0 aromatic heterocycles. The lowest BCUT2D eigenvalue weighted by Crippen LogP contribution is -2.45. The first-order valence-electron chi connectivity index (χ1n) is 8.39. The van der Waals surface area contributed by atoms with Crippen molar-refractivity contribution in [1.82, 2.24) is 10.2 Å². The summed E-state index contributed by atoms with van der Waals surface area (Å²) in [7, 11) is 0. The Kier molecular flexibility index (Phi) is 7.14. The number of rotatable bonds is 7. The molecule has 1 aliphatic heterocycles. The molecular formula is C17H34N2O2. The van der Waals surface area contributed by atoms with E-state index in [4.69, 9.17) is 0 Å². The third-order valence-electron chi connectivity index (χ3n) is 4.38. The van der Waals surface area contributed by atoms with Crippen molar-refractivity contribution in [3.05, 3.63) is 0 Å². The zero-order valence-electron chi connectivity index (χ0n) is 14.5. The third kappa shape index (κ3) is 6.79. The van der Waals surface area contributed by atoms with E-state index in [1.165, 1.54) is 12.8 Å². The fourth-order valence-electron chi connectivity index (χ4n) is 3.17. The van der Waals surface area contributed by atoms with Gasteiger partial charge in [0, 0.05) is 18.5 Å². The molecule has 0 aromatic rings. The number of likely N-dealkylation sites (tertiary alicyclic amines) is 1. The molecule has 0 spiro atoms. The van der Waals surface area contributed by atoms with E-state index in [9.17, 15) is 9.90 Å².